The van der Waals surface area contributed by atoms with Crippen LogP contribution >= 0.6 is 0 Å². The molecule has 0 radical (unpaired) electrons. The molecule has 14 heavy (non-hydrogen) atoms. The van der Waals surface area contributed by atoms with Crippen LogP contribution in [0.3, 0.4) is 0 Å². The summed E-state index contributed by atoms with van der Waals surface area (Å²) in [6, 6.07) is 0. The largest absolute Gasteiger partial charge is 0.390 e. The van der Waals surface area contributed by atoms with E-state index in [1.54, 1.807) is 6.33 Å². The number of imidazole rings is 1. The zero-order valence-electron chi connectivity index (χ0n) is 8.39. The van der Waals surface area contributed by atoms with Crippen LogP contribution in [-0.2, 0) is 17.9 Å². The van der Waals surface area contributed by atoms with Gasteiger partial charge < -0.3 is 14.4 Å². The lowest BCUT2D eigenvalue weighted by Gasteiger charge is -2.13. The van der Waals surface area contributed by atoms with Crippen molar-refractivity contribution >= 4 is 0 Å². The summed E-state index contributed by atoms with van der Waals surface area (Å²) < 4.78 is 7.52. The maximum absolute atomic E-state index is 8.86. The summed E-state index contributed by atoms with van der Waals surface area (Å²) in [5, 5.41) is 8.86. The fraction of sp³-hybridized carbons (Fsp3) is 0.700. The third kappa shape index (κ3) is 1.96. The van der Waals surface area contributed by atoms with Gasteiger partial charge in [-0.15, -0.1) is 0 Å². The quantitative estimate of drug-likeness (QED) is 0.778. The highest BCUT2D eigenvalue weighted by Gasteiger charge is 2.24. The third-order valence-electron chi connectivity index (χ3n) is 2.83. The van der Waals surface area contributed by atoms with Gasteiger partial charge in [-0.25, -0.2) is 4.98 Å². The Morgan fingerprint density at radius 1 is 1.71 bits per heavy atom. The van der Waals surface area contributed by atoms with Crippen molar-refractivity contribution in [3.8, 4) is 0 Å². The van der Waals surface area contributed by atoms with Crippen molar-refractivity contribution in [1.82, 2.24) is 9.55 Å². The Labute approximate surface area is 83.5 Å². The van der Waals surface area contributed by atoms with Gasteiger partial charge in [-0.3, -0.25) is 0 Å². The predicted octanol–water partition coefficient (Wildman–Crippen LogP) is 0.800. The van der Waals surface area contributed by atoms with E-state index in [0.29, 0.717) is 12.0 Å². The monoisotopic (exact) mass is 196 g/mol. The summed E-state index contributed by atoms with van der Waals surface area (Å²) in [7, 11) is 0. The molecule has 2 rings (SSSR count). The summed E-state index contributed by atoms with van der Waals surface area (Å²) in [5.74, 6) is 0.579. The highest BCUT2D eigenvalue weighted by molar-refractivity contribution is 4.94. The molecule has 78 valence electrons. The molecule has 1 fully saturated rings. The van der Waals surface area contributed by atoms with Crippen LogP contribution in [-0.4, -0.2) is 27.4 Å². The van der Waals surface area contributed by atoms with Gasteiger partial charge in [0.15, 0.2) is 0 Å². The molecule has 0 bridgehead atoms. The first kappa shape index (κ1) is 9.68. The van der Waals surface area contributed by atoms with E-state index in [9.17, 15) is 0 Å². The van der Waals surface area contributed by atoms with E-state index >= 15 is 0 Å². The van der Waals surface area contributed by atoms with Crippen LogP contribution in [0, 0.1) is 5.92 Å². The Hall–Kier alpha value is -0.870. The molecule has 1 aromatic rings. The van der Waals surface area contributed by atoms with Crippen molar-refractivity contribution in [3.63, 3.8) is 0 Å². The number of aliphatic hydroxyl groups excluding tert-OH is 1. The SMILES string of the molecule is CC1OCCC1Cn1cnc(CO)c1. The first-order valence-electron chi connectivity index (χ1n) is 5.02. The van der Waals surface area contributed by atoms with E-state index in [1.165, 1.54) is 0 Å². The number of aromatic nitrogens is 2. The van der Waals surface area contributed by atoms with E-state index < -0.39 is 0 Å². The molecule has 0 aliphatic carbocycles. The minimum atomic E-state index is 0.0176. The molecule has 1 N–H and O–H groups in total. The number of ether oxygens (including phenoxy) is 1. The Morgan fingerprint density at radius 3 is 3.14 bits per heavy atom. The summed E-state index contributed by atoms with van der Waals surface area (Å²) in [6.07, 6.45) is 5.13. The van der Waals surface area contributed by atoms with E-state index in [-0.39, 0.29) is 6.61 Å². The van der Waals surface area contributed by atoms with Crippen molar-refractivity contribution in [2.75, 3.05) is 6.61 Å². The van der Waals surface area contributed by atoms with Gasteiger partial charge in [-0.1, -0.05) is 0 Å². The van der Waals surface area contributed by atoms with Gasteiger partial charge in [0.25, 0.3) is 0 Å². The molecule has 1 aliphatic rings. The fourth-order valence-electron chi connectivity index (χ4n) is 1.87. The van der Waals surface area contributed by atoms with E-state index in [2.05, 4.69) is 11.9 Å². The normalized spacial score (nSPS) is 27.0. The lowest BCUT2D eigenvalue weighted by Crippen LogP contribution is -2.17. The Morgan fingerprint density at radius 2 is 2.57 bits per heavy atom. The molecular formula is C10H16N2O2. The topological polar surface area (TPSA) is 47.3 Å². The van der Waals surface area contributed by atoms with Gasteiger partial charge in [0.2, 0.25) is 0 Å². The molecule has 4 nitrogen and oxygen atoms in total. The van der Waals surface area contributed by atoms with Crippen LogP contribution in [0.4, 0.5) is 0 Å². The van der Waals surface area contributed by atoms with E-state index in [1.807, 2.05) is 10.8 Å². The lowest BCUT2D eigenvalue weighted by molar-refractivity contribution is 0.102. The minimum Gasteiger partial charge on any atom is -0.390 e. The molecule has 1 aliphatic heterocycles. The van der Waals surface area contributed by atoms with E-state index in [0.717, 1.165) is 25.3 Å². The van der Waals surface area contributed by atoms with Crippen LogP contribution < -0.4 is 0 Å². The van der Waals surface area contributed by atoms with Crippen molar-refractivity contribution in [1.29, 1.82) is 0 Å². The van der Waals surface area contributed by atoms with E-state index in [4.69, 9.17) is 9.84 Å². The standard InChI is InChI=1S/C10H16N2O2/c1-8-9(2-3-14-8)4-12-5-10(6-13)11-7-12/h5,7-9,13H,2-4,6H2,1H3. The van der Waals surface area contributed by atoms with Gasteiger partial charge in [-0.05, 0) is 13.3 Å². The second-order valence-electron chi connectivity index (χ2n) is 3.84. The highest BCUT2D eigenvalue weighted by atomic mass is 16.5. The summed E-state index contributed by atoms with van der Waals surface area (Å²) in [5.41, 5.74) is 0.733. The highest BCUT2D eigenvalue weighted by Crippen LogP contribution is 2.22. The Kier molecular flexibility index (Phi) is 2.84. The number of hydrogen-bond donors (Lipinski definition) is 1. The number of aliphatic hydroxyl groups is 1. The molecule has 2 atom stereocenters. The van der Waals surface area contributed by atoms with Crippen molar-refractivity contribution in [3.05, 3.63) is 18.2 Å². The first-order chi connectivity index (χ1) is 6.79. The molecule has 1 aromatic heterocycles. The molecule has 0 saturated carbocycles. The molecule has 2 heterocycles. The number of nitrogens with zero attached hydrogens (tertiary/aromatic N) is 2. The Bertz CT molecular complexity index is 298. The molecular weight excluding hydrogens is 180 g/mol. The van der Waals surface area contributed by atoms with Gasteiger partial charge in [0, 0.05) is 25.3 Å². The second-order valence-corrected chi connectivity index (χ2v) is 3.84. The number of rotatable bonds is 3. The summed E-state index contributed by atoms with van der Waals surface area (Å²) in [4.78, 5) is 4.07. The molecule has 0 aromatic carbocycles. The lowest BCUT2D eigenvalue weighted by atomic mass is 10.0. The average molecular weight is 196 g/mol. The van der Waals surface area contributed by atoms with Crippen molar-refractivity contribution in [2.24, 2.45) is 5.92 Å². The molecule has 0 amide bonds. The van der Waals surface area contributed by atoms with Crippen LogP contribution in [0.2, 0.25) is 0 Å². The smallest absolute Gasteiger partial charge is 0.0950 e. The zero-order valence-corrected chi connectivity index (χ0v) is 8.39. The maximum Gasteiger partial charge on any atom is 0.0950 e. The van der Waals surface area contributed by atoms with Gasteiger partial charge in [-0.2, -0.15) is 0 Å². The van der Waals surface area contributed by atoms with Crippen LogP contribution in [0.1, 0.15) is 19.0 Å². The van der Waals surface area contributed by atoms with Crippen LogP contribution in [0.25, 0.3) is 0 Å². The maximum atomic E-state index is 8.86. The Balaban J connectivity index is 1.96. The molecule has 1 saturated heterocycles. The molecule has 2 unspecified atom stereocenters. The van der Waals surface area contributed by atoms with Crippen LogP contribution in [0.5, 0.6) is 0 Å². The van der Waals surface area contributed by atoms with Crippen LogP contribution in [0.15, 0.2) is 12.5 Å². The molecule has 4 heteroatoms. The van der Waals surface area contributed by atoms with Crippen molar-refractivity contribution < 1.29 is 9.84 Å². The summed E-state index contributed by atoms with van der Waals surface area (Å²) >= 11 is 0. The minimum absolute atomic E-state index is 0.0176. The zero-order chi connectivity index (χ0) is 9.97. The fourth-order valence-corrected chi connectivity index (χ4v) is 1.87. The predicted molar refractivity (Wildman–Crippen MR) is 51.7 cm³/mol. The van der Waals surface area contributed by atoms with Gasteiger partial charge in [0.1, 0.15) is 0 Å². The summed E-state index contributed by atoms with van der Waals surface area (Å²) in [6.45, 7) is 3.94. The average Bonchev–Trinajstić information content (AvgIpc) is 2.77. The van der Waals surface area contributed by atoms with Crippen molar-refractivity contribution in [2.45, 2.75) is 32.6 Å². The number of hydrogen-bond acceptors (Lipinski definition) is 3. The first-order valence-corrected chi connectivity index (χ1v) is 5.02. The van der Waals surface area contributed by atoms with Gasteiger partial charge >= 0.3 is 0 Å². The molecule has 0 spiro atoms. The third-order valence-corrected chi connectivity index (χ3v) is 2.83. The second kappa shape index (κ2) is 4.11. The van der Waals surface area contributed by atoms with Gasteiger partial charge in [0.05, 0.1) is 24.7 Å².